The largest absolute Gasteiger partial charge is 0.493 e. The molecule has 3 aromatic rings. The van der Waals surface area contributed by atoms with Crippen molar-refractivity contribution in [2.75, 3.05) is 0 Å². The zero-order valence-corrected chi connectivity index (χ0v) is 11.3. The summed E-state index contributed by atoms with van der Waals surface area (Å²) >= 11 is 0. The number of hydrogen-bond acceptors (Lipinski definition) is 2. The predicted molar refractivity (Wildman–Crippen MR) is 80.0 cm³/mol. The Kier molecular flexibility index (Phi) is 3.25. The monoisotopic (exact) mass is 264 g/mol. The highest BCUT2D eigenvalue weighted by Crippen LogP contribution is 2.31. The fourth-order valence-corrected chi connectivity index (χ4v) is 2.34. The fraction of sp³-hybridized carbons (Fsp3) is 0.118. The quantitative estimate of drug-likeness (QED) is 0.781. The third-order valence-corrected chi connectivity index (χ3v) is 3.36. The SMILES string of the molecule is CCc1c(-c2ccccc2)nn(-c2ccccc2)c1O. The first kappa shape index (κ1) is 12.5. The Bertz CT molecular complexity index is 703. The summed E-state index contributed by atoms with van der Waals surface area (Å²) in [6, 6.07) is 19.6. The molecule has 0 saturated heterocycles. The summed E-state index contributed by atoms with van der Waals surface area (Å²) in [5.74, 6) is 0.220. The van der Waals surface area contributed by atoms with Crippen LogP contribution in [0.1, 0.15) is 12.5 Å². The molecule has 20 heavy (non-hydrogen) atoms. The topological polar surface area (TPSA) is 38.0 Å². The smallest absolute Gasteiger partial charge is 0.218 e. The van der Waals surface area contributed by atoms with E-state index in [1.54, 1.807) is 4.68 Å². The van der Waals surface area contributed by atoms with E-state index in [2.05, 4.69) is 5.10 Å². The van der Waals surface area contributed by atoms with E-state index in [0.717, 1.165) is 28.9 Å². The normalized spacial score (nSPS) is 10.7. The Morgan fingerprint density at radius 1 is 0.950 bits per heavy atom. The van der Waals surface area contributed by atoms with Crippen molar-refractivity contribution in [3.8, 4) is 22.8 Å². The van der Waals surface area contributed by atoms with Gasteiger partial charge in [-0.1, -0.05) is 55.5 Å². The Morgan fingerprint density at radius 3 is 2.15 bits per heavy atom. The average Bonchev–Trinajstić information content (AvgIpc) is 2.86. The third-order valence-electron chi connectivity index (χ3n) is 3.36. The molecule has 0 atom stereocenters. The highest BCUT2D eigenvalue weighted by molar-refractivity contribution is 5.66. The van der Waals surface area contributed by atoms with Gasteiger partial charge in [0.25, 0.3) is 0 Å². The molecule has 3 heteroatoms. The maximum atomic E-state index is 10.4. The van der Waals surface area contributed by atoms with E-state index < -0.39 is 0 Å². The molecule has 0 saturated carbocycles. The number of rotatable bonds is 3. The van der Waals surface area contributed by atoms with Gasteiger partial charge in [-0.3, -0.25) is 0 Å². The maximum absolute atomic E-state index is 10.4. The summed E-state index contributed by atoms with van der Waals surface area (Å²) in [7, 11) is 0. The van der Waals surface area contributed by atoms with Gasteiger partial charge in [-0.2, -0.15) is 5.10 Å². The standard InChI is InChI=1S/C17H16N2O/c1-2-15-16(13-9-5-3-6-10-13)18-19(17(15)20)14-11-7-4-8-12-14/h3-12,20H,2H2,1H3. The minimum Gasteiger partial charge on any atom is -0.493 e. The van der Waals surface area contributed by atoms with Crippen LogP contribution in [-0.2, 0) is 6.42 Å². The molecule has 0 fully saturated rings. The summed E-state index contributed by atoms with van der Waals surface area (Å²) in [4.78, 5) is 0. The Morgan fingerprint density at radius 2 is 1.55 bits per heavy atom. The molecule has 0 spiro atoms. The van der Waals surface area contributed by atoms with Crippen LogP contribution >= 0.6 is 0 Å². The number of para-hydroxylation sites is 1. The molecule has 1 N–H and O–H groups in total. The molecule has 100 valence electrons. The molecule has 0 aliphatic heterocycles. The molecular formula is C17H16N2O. The van der Waals surface area contributed by atoms with Gasteiger partial charge in [0.1, 0.15) is 0 Å². The van der Waals surface area contributed by atoms with Gasteiger partial charge in [0, 0.05) is 11.1 Å². The van der Waals surface area contributed by atoms with Crippen LogP contribution in [-0.4, -0.2) is 14.9 Å². The summed E-state index contributed by atoms with van der Waals surface area (Å²) in [5.41, 5.74) is 3.60. The van der Waals surface area contributed by atoms with E-state index in [-0.39, 0.29) is 5.88 Å². The van der Waals surface area contributed by atoms with Gasteiger partial charge in [0.05, 0.1) is 11.4 Å². The number of nitrogens with zero attached hydrogens (tertiary/aromatic N) is 2. The second-order valence-electron chi connectivity index (χ2n) is 4.62. The lowest BCUT2D eigenvalue weighted by Gasteiger charge is -2.02. The second kappa shape index (κ2) is 5.21. The summed E-state index contributed by atoms with van der Waals surface area (Å²) < 4.78 is 1.60. The van der Waals surface area contributed by atoms with Crippen molar-refractivity contribution in [3.63, 3.8) is 0 Å². The molecule has 0 aliphatic rings. The molecule has 2 aromatic carbocycles. The number of hydrogen-bond donors (Lipinski definition) is 1. The van der Waals surface area contributed by atoms with Crippen molar-refractivity contribution < 1.29 is 5.11 Å². The molecule has 1 aromatic heterocycles. The lowest BCUT2D eigenvalue weighted by Crippen LogP contribution is -1.95. The van der Waals surface area contributed by atoms with Crippen molar-refractivity contribution in [1.82, 2.24) is 9.78 Å². The fourth-order valence-electron chi connectivity index (χ4n) is 2.34. The second-order valence-corrected chi connectivity index (χ2v) is 4.62. The molecule has 3 nitrogen and oxygen atoms in total. The average molecular weight is 264 g/mol. The highest BCUT2D eigenvalue weighted by Gasteiger charge is 2.17. The number of aromatic nitrogens is 2. The van der Waals surface area contributed by atoms with Crippen LogP contribution in [0.5, 0.6) is 5.88 Å². The molecule has 3 rings (SSSR count). The molecular weight excluding hydrogens is 248 g/mol. The van der Waals surface area contributed by atoms with Crippen molar-refractivity contribution in [3.05, 3.63) is 66.2 Å². The number of aromatic hydroxyl groups is 1. The molecule has 0 unspecified atom stereocenters. The Hall–Kier alpha value is -2.55. The van der Waals surface area contributed by atoms with Crippen LogP contribution in [0.4, 0.5) is 0 Å². The lowest BCUT2D eigenvalue weighted by molar-refractivity contribution is 0.428. The van der Waals surface area contributed by atoms with Crippen LogP contribution in [0.2, 0.25) is 0 Å². The van der Waals surface area contributed by atoms with Crippen LogP contribution in [0, 0.1) is 0 Å². The highest BCUT2D eigenvalue weighted by atomic mass is 16.3. The van der Waals surface area contributed by atoms with Crippen LogP contribution in [0.15, 0.2) is 60.7 Å². The van der Waals surface area contributed by atoms with Gasteiger partial charge in [0.15, 0.2) is 0 Å². The molecule has 1 heterocycles. The minimum atomic E-state index is 0.220. The molecule has 0 amide bonds. The maximum Gasteiger partial charge on any atom is 0.218 e. The lowest BCUT2D eigenvalue weighted by atomic mass is 10.1. The van der Waals surface area contributed by atoms with E-state index in [1.807, 2.05) is 67.6 Å². The zero-order chi connectivity index (χ0) is 13.9. The van der Waals surface area contributed by atoms with Gasteiger partial charge >= 0.3 is 0 Å². The van der Waals surface area contributed by atoms with E-state index in [4.69, 9.17) is 0 Å². The van der Waals surface area contributed by atoms with Crippen LogP contribution < -0.4 is 0 Å². The first-order valence-corrected chi connectivity index (χ1v) is 6.73. The molecule has 0 radical (unpaired) electrons. The predicted octanol–water partition coefficient (Wildman–Crippen LogP) is 3.81. The van der Waals surface area contributed by atoms with Gasteiger partial charge in [-0.15, -0.1) is 0 Å². The van der Waals surface area contributed by atoms with Crippen molar-refractivity contribution in [2.45, 2.75) is 13.3 Å². The Labute approximate surface area is 118 Å². The minimum absolute atomic E-state index is 0.220. The van der Waals surface area contributed by atoms with E-state index in [9.17, 15) is 5.11 Å². The molecule has 0 aliphatic carbocycles. The first-order chi connectivity index (χ1) is 9.81. The third kappa shape index (κ3) is 2.07. The Balaban J connectivity index is 2.18. The number of benzene rings is 2. The zero-order valence-electron chi connectivity index (χ0n) is 11.3. The summed E-state index contributed by atoms with van der Waals surface area (Å²) in [6.45, 7) is 2.03. The first-order valence-electron chi connectivity index (χ1n) is 6.73. The van der Waals surface area contributed by atoms with E-state index in [0.29, 0.717) is 0 Å². The van der Waals surface area contributed by atoms with Gasteiger partial charge < -0.3 is 5.11 Å². The van der Waals surface area contributed by atoms with Crippen molar-refractivity contribution >= 4 is 0 Å². The van der Waals surface area contributed by atoms with Gasteiger partial charge in [-0.05, 0) is 18.6 Å². The van der Waals surface area contributed by atoms with Crippen molar-refractivity contribution in [1.29, 1.82) is 0 Å². The van der Waals surface area contributed by atoms with Crippen molar-refractivity contribution in [2.24, 2.45) is 0 Å². The van der Waals surface area contributed by atoms with Crippen LogP contribution in [0.25, 0.3) is 16.9 Å². The molecule has 0 bridgehead atoms. The summed E-state index contributed by atoms with van der Waals surface area (Å²) in [5, 5.41) is 15.0. The van der Waals surface area contributed by atoms with E-state index in [1.165, 1.54) is 0 Å². The van der Waals surface area contributed by atoms with Gasteiger partial charge in [-0.25, -0.2) is 4.68 Å². The van der Waals surface area contributed by atoms with Crippen LogP contribution in [0.3, 0.4) is 0 Å². The van der Waals surface area contributed by atoms with Gasteiger partial charge in [0.2, 0.25) is 5.88 Å². The van der Waals surface area contributed by atoms with E-state index >= 15 is 0 Å². The summed E-state index contributed by atoms with van der Waals surface area (Å²) in [6.07, 6.45) is 0.739.